The maximum absolute atomic E-state index is 13.7. The van der Waals surface area contributed by atoms with E-state index in [-0.39, 0.29) is 11.6 Å². The average molecular weight is 391 g/mol. The summed E-state index contributed by atoms with van der Waals surface area (Å²) in [4.78, 5) is 12.1. The lowest BCUT2D eigenvalue weighted by atomic mass is 10.1. The van der Waals surface area contributed by atoms with Gasteiger partial charge in [0.05, 0.1) is 21.7 Å². The summed E-state index contributed by atoms with van der Waals surface area (Å²) in [5.74, 6) is -1.07. The van der Waals surface area contributed by atoms with E-state index in [0.29, 0.717) is 14.5 Å². The molecule has 1 N–H and O–H groups in total. The van der Waals surface area contributed by atoms with E-state index in [1.165, 1.54) is 12.1 Å². The molecule has 0 bridgehead atoms. The Labute approximate surface area is 140 Å². The predicted octanol–water partition coefficient (Wildman–Crippen LogP) is 5.39. The van der Waals surface area contributed by atoms with Crippen LogP contribution in [0.25, 0.3) is 0 Å². The molecule has 0 aliphatic rings. The molecular weight excluding hydrogens is 380 g/mol. The molecule has 0 saturated heterocycles. The second-order valence-electron chi connectivity index (χ2n) is 4.49. The first-order valence-corrected chi connectivity index (χ1v) is 7.64. The summed E-state index contributed by atoms with van der Waals surface area (Å²) in [7, 11) is 0. The number of nitrogens with one attached hydrogen (secondary N) is 1. The summed E-state index contributed by atoms with van der Waals surface area (Å²) in [6, 6.07) is 9.05. The monoisotopic (exact) mass is 389 g/mol. The smallest absolute Gasteiger partial charge is 0.254 e. The van der Waals surface area contributed by atoms with Gasteiger partial charge in [0.25, 0.3) is 5.91 Å². The van der Waals surface area contributed by atoms with E-state index in [1.54, 1.807) is 31.2 Å². The van der Waals surface area contributed by atoms with E-state index in [2.05, 4.69) is 21.2 Å². The SMILES string of the molecule is CC(NC(=O)c1ccc(Br)cc1F)c1ccc(Cl)c(Cl)c1. The normalized spacial score (nSPS) is 12.0. The van der Waals surface area contributed by atoms with Crippen molar-refractivity contribution >= 4 is 45.0 Å². The molecule has 6 heteroatoms. The van der Waals surface area contributed by atoms with Crippen molar-refractivity contribution in [3.63, 3.8) is 0 Å². The molecule has 2 nitrogen and oxygen atoms in total. The van der Waals surface area contributed by atoms with Gasteiger partial charge in [-0.05, 0) is 42.8 Å². The standard InChI is InChI=1S/C15H11BrCl2FNO/c1-8(9-2-5-12(17)13(18)6-9)20-15(21)11-4-3-10(16)7-14(11)19/h2-8H,1H3,(H,20,21). The first-order valence-electron chi connectivity index (χ1n) is 6.09. The zero-order valence-electron chi connectivity index (χ0n) is 11.0. The number of amides is 1. The molecule has 110 valence electrons. The first kappa shape index (κ1) is 16.3. The Hall–Kier alpha value is -1.10. The van der Waals surface area contributed by atoms with Gasteiger partial charge in [-0.2, -0.15) is 0 Å². The molecule has 0 aromatic heterocycles. The maximum atomic E-state index is 13.7. The van der Waals surface area contributed by atoms with E-state index in [4.69, 9.17) is 23.2 Å². The summed E-state index contributed by atoms with van der Waals surface area (Å²) in [5.41, 5.74) is 0.778. The molecule has 0 saturated carbocycles. The lowest BCUT2D eigenvalue weighted by molar-refractivity contribution is 0.0936. The minimum absolute atomic E-state index is 0.00916. The molecule has 1 unspecified atom stereocenters. The van der Waals surface area contributed by atoms with Crippen LogP contribution in [0.3, 0.4) is 0 Å². The van der Waals surface area contributed by atoms with Crippen molar-refractivity contribution in [3.8, 4) is 0 Å². The van der Waals surface area contributed by atoms with Crippen LogP contribution in [0.2, 0.25) is 10.0 Å². The van der Waals surface area contributed by atoms with Crippen molar-refractivity contribution in [1.29, 1.82) is 0 Å². The zero-order chi connectivity index (χ0) is 15.6. The minimum atomic E-state index is -0.580. The molecule has 0 spiro atoms. The molecular formula is C15H11BrCl2FNO. The number of hydrogen-bond acceptors (Lipinski definition) is 1. The summed E-state index contributed by atoms with van der Waals surface area (Å²) < 4.78 is 14.3. The van der Waals surface area contributed by atoms with Crippen LogP contribution in [0.15, 0.2) is 40.9 Å². The van der Waals surface area contributed by atoms with E-state index < -0.39 is 11.7 Å². The number of halogens is 4. The Kier molecular flexibility index (Phi) is 5.25. The van der Waals surface area contributed by atoms with Crippen molar-refractivity contribution in [2.45, 2.75) is 13.0 Å². The summed E-state index contributed by atoms with van der Waals surface area (Å²) >= 11 is 14.9. The van der Waals surface area contributed by atoms with Gasteiger partial charge >= 0.3 is 0 Å². The van der Waals surface area contributed by atoms with Crippen LogP contribution >= 0.6 is 39.1 Å². The second kappa shape index (κ2) is 6.77. The summed E-state index contributed by atoms with van der Waals surface area (Å²) in [6.07, 6.45) is 0. The molecule has 0 fully saturated rings. The van der Waals surface area contributed by atoms with Crippen molar-refractivity contribution in [2.75, 3.05) is 0 Å². The van der Waals surface area contributed by atoms with E-state index in [0.717, 1.165) is 5.56 Å². The number of benzene rings is 2. The highest BCUT2D eigenvalue weighted by atomic mass is 79.9. The molecule has 0 radical (unpaired) electrons. The van der Waals surface area contributed by atoms with Crippen LogP contribution in [0, 0.1) is 5.82 Å². The van der Waals surface area contributed by atoms with E-state index in [1.807, 2.05) is 0 Å². The molecule has 0 aliphatic heterocycles. The van der Waals surface area contributed by atoms with Crippen LogP contribution in [-0.2, 0) is 0 Å². The molecule has 2 rings (SSSR count). The van der Waals surface area contributed by atoms with Crippen molar-refractivity contribution in [2.24, 2.45) is 0 Å². The van der Waals surface area contributed by atoms with Gasteiger partial charge in [-0.1, -0.05) is 45.2 Å². The van der Waals surface area contributed by atoms with Crippen LogP contribution in [0.5, 0.6) is 0 Å². The topological polar surface area (TPSA) is 29.1 Å². The number of carbonyl (C=O) groups excluding carboxylic acids is 1. The lowest BCUT2D eigenvalue weighted by Crippen LogP contribution is -2.27. The van der Waals surface area contributed by atoms with Gasteiger partial charge in [0.15, 0.2) is 0 Å². The first-order chi connectivity index (χ1) is 9.88. The fourth-order valence-corrected chi connectivity index (χ4v) is 2.45. The Morgan fingerprint density at radius 1 is 1.19 bits per heavy atom. The minimum Gasteiger partial charge on any atom is -0.345 e. The third-order valence-electron chi connectivity index (χ3n) is 2.97. The van der Waals surface area contributed by atoms with Crippen LogP contribution in [-0.4, -0.2) is 5.91 Å². The van der Waals surface area contributed by atoms with Crippen molar-refractivity contribution in [3.05, 3.63) is 67.9 Å². The van der Waals surface area contributed by atoms with Gasteiger partial charge in [0.2, 0.25) is 0 Å². The quantitative estimate of drug-likeness (QED) is 0.748. The Bertz CT molecular complexity index is 693. The number of carbonyl (C=O) groups is 1. The maximum Gasteiger partial charge on any atom is 0.254 e. The fourth-order valence-electron chi connectivity index (χ4n) is 1.81. The second-order valence-corrected chi connectivity index (χ2v) is 6.22. The molecule has 0 aliphatic carbocycles. The van der Waals surface area contributed by atoms with Gasteiger partial charge in [-0.25, -0.2) is 4.39 Å². The molecule has 1 atom stereocenters. The largest absolute Gasteiger partial charge is 0.345 e. The Morgan fingerprint density at radius 2 is 1.90 bits per heavy atom. The van der Waals surface area contributed by atoms with Gasteiger partial charge in [-0.15, -0.1) is 0 Å². The van der Waals surface area contributed by atoms with Crippen LogP contribution in [0.1, 0.15) is 28.9 Å². The molecule has 1 amide bonds. The third-order valence-corrected chi connectivity index (χ3v) is 4.20. The fraction of sp³-hybridized carbons (Fsp3) is 0.133. The molecule has 2 aromatic rings. The molecule has 2 aromatic carbocycles. The summed E-state index contributed by atoms with van der Waals surface area (Å²) in [5, 5.41) is 3.57. The van der Waals surface area contributed by atoms with Crippen LogP contribution < -0.4 is 5.32 Å². The Morgan fingerprint density at radius 3 is 2.52 bits per heavy atom. The van der Waals surface area contributed by atoms with Crippen molar-refractivity contribution < 1.29 is 9.18 Å². The summed E-state index contributed by atoms with van der Waals surface area (Å²) in [6.45, 7) is 1.79. The zero-order valence-corrected chi connectivity index (χ0v) is 14.1. The highest BCUT2D eigenvalue weighted by Gasteiger charge is 2.16. The van der Waals surface area contributed by atoms with Gasteiger partial charge in [0, 0.05) is 4.47 Å². The van der Waals surface area contributed by atoms with E-state index >= 15 is 0 Å². The highest BCUT2D eigenvalue weighted by molar-refractivity contribution is 9.10. The van der Waals surface area contributed by atoms with Crippen molar-refractivity contribution in [1.82, 2.24) is 5.32 Å². The number of hydrogen-bond donors (Lipinski definition) is 1. The number of rotatable bonds is 3. The third kappa shape index (κ3) is 3.96. The van der Waals surface area contributed by atoms with Gasteiger partial charge < -0.3 is 5.32 Å². The lowest BCUT2D eigenvalue weighted by Gasteiger charge is -2.15. The van der Waals surface area contributed by atoms with Gasteiger partial charge in [0.1, 0.15) is 5.82 Å². The average Bonchev–Trinajstić information content (AvgIpc) is 2.41. The highest BCUT2D eigenvalue weighted by Crippen LogP contribution is 2.26. The van der Waals surface area contributed by atoms with Gasteiger partial charge in [-0.3, -0.25) is 4.79 Å². The molecule has 0 heterocycles. The Balaban J connectivity index is 2.16. The van der Waals surface area contributed by atoms with Crippen LogP contribution in [0.4, 0.5) is 4.39 Å². The van der Waals surface area contributed by atoms with E-state index in [9.17, 15) is 9.18 Å². The predicted molar refractivity (Wildman–Crippen MR) is 86.4 cm³/mol. The molecule has 21 heavy (non-hydrogen) atoms.